The molecule has 3 rings (SSSR count). The Bertz CT molecular complexity index is 946. The van der Waals surface area contributed by atoms with E-state index < -0.39 is 17.5 Å². The van der Waals surface area contributed by atoms with Gasteiger partial charge in [-0.05, 0) is 48.4 Å². The maximum Gasteiger partial charge on any atom is 0.175 e. The predicted molar refractivity (Wildman–Crippen MR) is 98.9 cm³/mol. The summed E-state index contributed by atoms with van der Waals surface area (Å²) in [6.07, 6.45) is 3.51. The zero-order valence-corrected chi connectivity index (χ0v) is 14.5. The topological polar surface area (TPSA) is 9.23 Å². The SMILES string of the molecule is C=CCCc1ccc(-c2cc3ccc(OCC)c(F)c3c(F)c2F)cc1. The zero-order valence-electron chi connectivity index (χ0n) is 14.5. The summed E-state index contributed by atoms with van der Waals surface area (Å²) in [4.78, 5) is 0. The maximum absolute atomic E-state index is 14.6. The minimum absolute atomic E-state index is 0.0855. The van der Waals surface area contributed by atoms with Crippen molar-refractivity contribution >= 4 is 10.8 Å². The van der Waals surface area contributed by atoms with Crippen molar-refractivity contribution in [3.63, 3.8) is 0 Å². The van der Waals surface area contributed by atoms with Gasteiger partial charge in [0.15, 0.2) is 23.2 Å². The minimum Gasteiger partial charge on any atom is -0.491 e. The predicted octanol–water partition coefficient (Wildman–Crippen LogP) is 6.44. The van der Waals surface area contributed by atoms with E-state index in [0.717, 1.165) is 18.4 Å². The van der Waals surface area contributed by atoms with E-state index in [-0.39, 0.29) is 28.7 Å². The van der Waals surface area contributed by atoms with Crippen LogP contribution in [0.25, 0.3) is 21.9 Å². The number of hydrogen-bond donors (Lipinski definition) is 0. The molecule has 0 heterocycles. The third-order valence-electron chi connectivity index (χ3n) is 4.29. The van der Waals surface area contributed by atoms with Crippen LogP contribution in [-0.2, 0) is 6.42 Å². The second kappa shape index (κ2) is 7.65. The Morgan fingerprint density at radius 3 is 2.35 bits per heavy atom. The van der Waals surface area contributed by atoms with Crippen LogP contribution < -0.4 is 4.74 Å². The van der Waals surface area contributed by atoms with E-state index in [1.807, 2.05) is 18.2 Å². The molecule has 0 bridgehead atoms. The molecule has 4 heteroatoms. The second-order valence-corrected chi connectivity index (χ2v) is 5.99. The molecule has 0 atom stereocenters. The molecule has 0 fully saturated rings. The molecule has 0 saturated heterocycles. The average Bonchev–Trinajstić information content (AvgIpc) is 2.65. The summed E-state index contributed by atoms with van der Waals surface area (Å²) in [6.45, 7) is 5.62. The summed E-state index contributed by atoms with van der Waals surface area (Å²) in [5.41, 5.74) is 1.73. The first kappa shape index (κ1) is 18.1. The lowest BCUT2D eigenvalue weighted by Crippen LogP contribution is -1.99. The van der Waals surface area contributed by atoms with Crippen molar-refractivity contribution in [2.45, 2.75) is 19.8 Å². The Kier molecular flexibility index (Phi) is 5.31. The van der Waals surface area contributed by atoms with Gasteiger partial charge in [0.1, 0.15) is 0 Å². The van der Waals surface area contributed by atoms with E-state index in [1.54, 1.807) is 19.1 Å². The molecule has 0 aliphatic heterocycles. The molecule has 1 nitrogen and oxygen atoms in total. The highest BCUT2D eigenvalue weighted by Gasteiger charge is 2.20. The van der Waals surface area contributed by atoms with Crippen molar-refractivity contribution in [1.29, 1.82) is 0 Å². The normalized spacial score (nSPS) is 10.9. The monoisotopic (exact) mass is 356 g/mol. The molecule has 0 N–H and O–H groups in total. The van der Waals surface area contributed by atoms with Crippen LogP contribution in [0.1, 0.15) is 18.9 Å². The van der Waals surface area contributed by atoms with Crippen molar-refractivity contribution < 1.29 is 17.9 Å². The van der Waals surface area contributed by atoms with E-state index in [0.29, 0.717) is 5.56 Å². The number of hydrogen-bond acceptors (Lipinski definition) is 1. The van der Waals surface area contributed by atoms with Gasteiger partial charge in [0, 0.05) is 5.56 Å². The number of allylic oxidation sites excluding steroid dienone is 1. The molecular weight excluding hydrogens is 337 g/mol. The lowest BCUT2D eigenvalue weighted by molar-refractivity contribution is 0.322. The van der Waals surface area contributed by atoms with E-state index in [2.05, 4.69) is 6.58 Å². The molecule has 0 radical (unpaired) electrons. The Hall–Kier alpha value is -2.75. The lowest BCUT2D eigenvalue weighted by Gasteiger charge is -2.12. The van der Waals surface area contributed by atoms with Crippen LogP contribution in [0, 0.1) is 17.5 Å². The van der Waals surface area contributed by atoms with Crippen LogP contribution in [0.2, 0.25) is 0 Å². The van der Waals surface area contributed by atoms with Crippen molar-refractivity contribution in [3.05, 3.63) is 78.1 Å². The van der Waals surface area contributed by atoms with Gasteiger partial charge in [0.2, 0.25) is 0 Å². The molecular formula is C22H19F3O. The molecule has 0 aliphatic rings. The summed E-state index contributed by atoms with van der Waals surface area (Å²) in [7, 11) is 0. The maximum atomic E-state index is 14.6. The van der Waals surface area contributed by atoms with Crippen LogP contribution in [-0.4, -0.2) is 6.61 Å². The van der Waals surface area contributed by atoms with E-state index >= 15 is 0 Å². The quantitative estimate of drug-likeness (QED) is 0.462. The first-order valence-electron chi connectivity index (χ1n) is 8.50. The van der Waals surface area contributed by atoms with Crippen LogP contribution >= 0.6 is 0 Å². The van der Waals surface area contributed by atoms with Gasteiger partial charge in [-0.2, -0.15) is 0 Å². The van der Waals surface area contributed by atoms with Crippen LogP contribution in [0.4, 0.5) is 13.2 Å². The Labute approximate surface area is 150 Å². The average molecular weight is 356 g/mol. The Morgan fingerprint density at radius 1 is 0.962 bits per heavy atom. The number of rotatable bonds is 6. The standard InChI is InChI=1S/C22H19F3O/c1-3-5-6-14-7-9-15(10-8-14)17-13-16-11-12-18(26-4-2)21(24)19(16)22(25)20(17)23/h3,7-13H,1,4-6H2,2H3. The highest BCUT2D eigenvalue weighted by Crippen LogP contribution is 2.35. The van der Waals surface area contributed by atoms with Gasteiger partial charge in [0.05, 0.1) is 12.0 Å². The highest BCUT2D eigenvalue weighted by atomic mass is 19.2. The molecule has 26 heavy (non-hydrogen) atoms. The second-order valence-electron chi connectivity index (χ2n) is 5.99. The lowest BCUT2D eigenvalue weighted by atomic mass is 9.98. The van der Waals surface area contributed by atoms with Crippen molar-refractivity contribution in [2.24, 2.45) is 0 Å². The molecule has 0 aromatic heterocycles. The van der Waals surface area contributed by atoms with Crippen LogP contribution in [0.5, 0.6) is 5.75 Å². The van der Waals surface area contributed by atoms with E-state index in [4.69, 9.17) is 4.74 Å². The van der Waals surface area contributed by atoms with E-state index in [1.165, 1.54) is 18.2 Å². The third kappa shape index (κ3) is 3.32. The van der Waals surface area contributed by atoms with Gasteiger partial charge in [-0.25, -0.2) is 13.2 Å². The van der Waals surface area contributed by atoms with E-state index in [9.17, 15) is 13.2 Å². The first-order valence-corrected chi connectivity index (χ1v) is 8.50. The molecule has 0 spiro atoms. The van der Waals surface area contributed by atoms with Gasteiger partial charge in [-0.1, -0.05) is 36.4 Å². The molecule has 0 unspecified atom stereocenters. The van der Waals surface area contributed by atoms with Crippen LogP contribution in [0.15, 0.2) is 55.1 Å². The number of ether oxygens (including phenoxy) is 1. The third-order valence-corrected chi connectivity index (χ3v) is 4.29. The fourth-order valence-corrected chi connectivity index (χ4v) is 2.96. The largest absolute Gasteiger partial charge is 0.491 e. The van der Waals surface area contributed by atoms with Gasteiger partial charge in [-0.3, -0.25) is 0 Å². The summed E-state index contributed by atoms with van der Waals surface area (Å²) in [5, 5.41) is -0.101. The summed E-state index contributed by atoms with van der Waals surface area (Å²) < 4.78 is 48.8. The minimum atomic E-state index is -1.20. The molecule has 134 valence electrons. The van der Waals surface area contributed by atoms with Crippen molar-refractivity contribution in [2.75, 3.05) is 6.61 Å². The smallest absolute Gasteiger partial charge is 0.175 e. The summed E-state index contributed by atoms with van der Waals surface area (Å²) in [5.74, 6) is -3.24. The molecule has 0 amide bonds. The number of fused-ring (bicyclic) bond motifs is 1. The summed E-state index contributed by atoms with van der Waals surface area (Å²) >= 11 is 0. The van der Waals surface area contributed by atoms with Crippen molar-refractivity contribution in [1.82, 2.24) is 0 Å². The number of benzene rings is 3. The fourth-order valence-electron chi connectivity index (χ4n) is 2.96. The zero-order chi connectivity index (χ0) is 18.7. The van der Waals surface area contributed by atoms with Gasteiger partial charge in [-0.15, -0.1) is 6.58 Å². The molecule has 0 aliphatic carbocycles. The van der Waals surface area contributed by atoms with Crippen molar-refractivity contribution in [3.8, 4) is 16.9 Å². The Balaban J connectivity index is 2.09. The van der Waals surface area contributed by atoms with Gasteiger partial charge >= 0.3 is 0 Å². The van der Waals surface area contributed by atoms with Gasteiger partial charge in [0.25, 0.3) is 0 Å². The number of halogens is 3. The molecule has 3 aromatic carbocycles. The fraction of sp³-hybridized carbons (Fsp3) is 0.182. The first-order chi connectivity index (χ1) is 12.6. The molecule has 3 aromatic rings. The molecule has 0 saturated carbocycles. The van der Waals surface area contributed by atoms with Crippen LogP contribution in [0.3, 0.4) is 0 Å². The summed E-state index contributed by atoms with van der Waals surface area (Å²) in [6, 6.07) is 11.7. The van der Waals surface area contributed by atoms with Gasteiger partial charge < -0.3 is 4.74 Å². The Morgan fingerprint density at radius 2 is 1.69 bits per heavy atom. The highest BCUT2D eigenvalue weighted by molar-refractivity contribution is 5.90. The number of aryl methyl sites for hydroxylation is 1.